The Morgan fingerprint density at radius 1 is 0.861 bits per heavy atom. The van der Waals surface area contributed by atoms with E-state index in [1.165, 1.54) is 19.1 Å². The van der Waals surface area contributed by atoms with E-state index < -0.39 is 46.7 Å². The van der Waals surface area contributed by atoms with Crippen molar-refractivity contribution in [1.29, 1.82) is 0 Å². The highest BCUT2D eigenvalue weighted by Crippen LogP contribution is 2.60. The number of hydrogen-bond acceptors (Lipinski definition) is 4. The smallest absolute Gasteiger partial charge is 0.352 e. The topological polar surface area (TPSA) is 54.5 Å². The van der Waals surface area contributed by atoms with E-state index in [1.807, 2.05) is 35.2 Å². The van der Waals surface area contributed by atoms with Crippen molar-refractivity contribution in [3.05, 3.63) is 107 Å². The fourth-order valence-corrected chi connectivity index (χ4v) is 6.32. The molecule has 1 fully saturated rings. The molecule has 0 unspecified atom stereocenters. The van der Waals surface area contributed by atoms with E-state index in [0.29, 0.717) is 11.3 Å². The van der Waals surface area contributed by atoms with E-state index in [1.54, 1.807) is 30.3 Å². The highest BCUT2D eigenvalue weighted by atomic mass is 19.4. The second-order valence-electron chi connectivity index (χ2n) is 9.50. The van der Waals surface area contributed by atoms with Gasteiger partial charge >= 0.3 is 6.18 Å². The van der Waals surface area contributed by atoms with Gasteiger partial charge in [-0.3, -0.25) is 14.4 Å². The van der Waals surface area contributed by atoms with E-state index in [9.17, 15) is 27.6 Å². The number of carbonyl (C=O) groups is 3. The summed E-state index contributed by atoms with van der Waals surface area (Å²) in [6.07, 6.45) is -0.918. The predicted octanol–water partition coefficient (Wildman–Crippen LogP) is 5.73. The van der Waals surface area contributed by atoms with Gasteiger partial charge in [0.15, 0.2) is 17.3 Å². The van der Waals surface area contributed by atoms with Crippen LogP contribution in [0.2, 0.25) is 0 Å². The van der Waals surface area contributed by atoms with Gasteiger partial charge in [-0.15, -0.1) is 0 Å². The van der Waals surface area contributed by atoms with E-state index in [2.05, 4.69) is 0 Å². The number of nitrogens with zero attached hydrogens (tertiary/aromatic N) is 1. The molecule has 1 spiro atoms. The molecule has 0 N–H and O–H groups in total. The number of para-hydroxylation sites is 1. The minimum absolute atomic E-state index is 0.274. The van der Waals surface area contributed by atoms with Crippen LogP contribution in [-0.2, 0) is 11.0 Å². The van der Waals surface area contributed by atoms with Gasteiger partial charge in [-0.25, -0.2) is 0 Å². The molecule has 0 aromatic heterocycles. The largest absolute Gasteiger partial charge is 0.416 e. The molecule has 1 aliphatic carbocycles. The Hall–Kier alpha value is -4.00. The molecule has 2 aliphatic heterocycles. The molecule has 3 aromatic carbocycles. The maximum absolute atomic E-state index is 14.2. The first-order valence-corrected chi connectivity index (χ1v) is 11.6. The minimum Gasteiger partial charge on any atom is -0.352 e. The second kappa shape index (κ2) is 7.50. The van der Waals surface area contributed by atoms with Gasteiger partial charge in [0, 0.05) is 22.7 Å². The maximum atomic E-state index is 14.2. The summed E-state index contributed by atoms with van der Waals surface area (Å²) in [5, 5.41) is 0. The van der Waals surface area contributed by atoms with Gasteiger partial charge in [0.2, 0.25) is 0 Å². The first kappa shape index (κ1) is 22.5. The number of Topliss-reactive ketones (excluding diaryl/α,β-unsaturated/α-hetero) is 3. The number of hydrogen-bond donors (Lipinski definition) is 0. The SMILES string of the molecule is CC(=O)[C@@H]1[C@H](c2ccc(C(F)(F)F)cc2)C2(C(=O)c3ccccc3C2=O)[C@H]2C=Cc3ccccc3N12. The minimum atomic E-state index is -4.54. The molecule has 1 saturated heterocycles. The van der Waals surface area contributed by atoms with Crippen molar-refractivity contribution in [2.24, 2.45) is 5.41 Å². The van der Waals surface area contributed by atoms with Gasteiger partial charge in [-0.2, -0.15) is 13.2 Å². The third kappa shape index (κ3) is 2.80. The molecule has 180 valence electrons. The highest BCUT2D eigenvalue weighted by molar-refractivity contribution is 6.32. The van der Waals surface area contributed by atoms with Crippen molar-refractivity contribution in [3.8, 4) is 0 Å². The van der Waals surface area contributed by atoms with Crippen LogP contribution in [-0.4, -0.2) is 29.4 Å². The van der Waals surface area contributed by atoms with Crippen LogP contribution in [0.15, 0.2) is 78.9 Å². The van der Waals surface area contributed by atoms with Crippen molar-refractivity contribution in [3.63, 3.8) is 0 Å². The average molecular weight is 487 g/mol. The molecule has 0 amide bonds. The van der Waals surface area contributed by atoms with Gasteiger partial charge in [-0.05, 0) is 36.2 Å². The van der Waals surface area contributed by atoms with Gasteiger partial charge in [0.05, 0.1) is 17.6 Å². The molecular formula is C29H20F3NO3. The molecule has 4 nitrogen and oxygen atoms in total. The van der Waals surface area contributed by atoms with E-state index in [4.69, 9.17) is 0 Å². The number of anilines is 1. The summed E-state index contributed by atoms with van der Waals surface area (Å²) < 4.78 is 40.0. The molecular weight excluding hydrogens is 467 g/mol. The number of carbonyl (C=O) groups excluding carboxylic acids is 3. The van der Waals surface area contributed by atoms with Gasteiger partial charge in [0.25, 0.3) is 0 Å². The summed E-state index contributed by atoms with van der Waals surface area (Å²) in [6.45, 7) is 1.40. The summed E-state index contributed by atoms with van der Waals surface area (Å²) in [5.41, 5.74) is -0.101. The van der Waals surface area contributed by atoms with Crippen LogP contribution in [0.3, 0.4) is 0 Å². The van der Waals surface area contributed by atoms with E-state index >= 15 is 0 Å². The summed E-state index contributed by atoms with van der Waals surface area (Å²) in [5.74, 6) is -2.07. The third-order valence-electron chi connectivity index (χ3n) is 7.73. The monoisotopic (exact) mass is 487 g/mol. The molecule has 3 aromatic rings. The summed E-state index contributed by atoms with van der Waals surface area (Å²) in [7, 11) is 0. The van der Waals surface area contributed by atoms with Crippen molar-refractivity contribution in [1.82, 2.24) is 0 Å². The van der Waals surface area contributed by atoms with E-state index in [0.717, 1.165) is 17.7 Å². The molecule has 36 heavy (non-hydrogen) atoms. The number of ketones is 3. The lowest BCUT2D eigenvalue weighted by Gasteiger charge is -2.37. The zero-order valence-corrected chi connectivity index (χ0v) is 19.1. The maximum Gasteiger partial charge on any atom is 0.416 e. The van der Waals surface area contributed by atoms with Gasteiger partial charge < -0.3 is 4.90 Å². The Labute approximate surface area is 205 Å². The van der Waals surface area contributed by atoms with Crippen LogP contribution < -0.4 is 4.90 Å². The molecule has 3 aliphatic rings. The Morgan fingerprint density at radius 2 is 1.44 bits per heavy atom. The number of halogens is 3. The number of alkyl halides is 3. The van der Waals surface area contributed by atoms with Crippen LogP contribution in [0.5, 0.6) is 0 Å². The zero-order chi connectivity index (χ0) is 25.4. The Kier molecular flexibility index (Phi) is 4.68. The van der Waals surface area contributed by atoms with Crippen LogP contribution in [0, 0.1) is 5.41 Å². The predicted molar refractivity (Wildman–Crippen MR) is 128 cm³/mol. The zero-order valence-electron chi connectivity index (χ0n) is 19.1. The first-order chi connectivity index (χ1) is 17.2. The van der Waals surface area contributed by atoms with Gasteiger partial charge in [0.1, 0.15) is 5.41 Å². The standard InChI is InChI=1S/C29H20F3NO3/c1-16(34)25-24(18-10-13-19(14-11-18)29(30,31)32)28(26(35)20-7-3-4-8-21(20)27(28)36)23-15-12-17-6-2-5-9-22(17)33(23)25/h2-15,23-25H,1H3/t23-,24+,25-/m1/s1. The van der Waals surface area contributed by atoms with Crippen LogP contribution in [0.4, 0.5) is 18.9 Å². The Morgan fingerprint density at radius 3 is 2.03 bits per heavy atom. The summed E-state index contributed by atoms with van der Waals surface area (Å²) in [6, 6.07) is 16.7. The van der Waals surface area contributed by atoms with Crippen LogP contribution >= 0.6 is 0 Å². The Balaban J connectivity index is 1.64. The van der Waals surface area contributed by atoms with Crippen LogP contribution in [0.1, 0.15) is 50.2 Å². The molecule has 2 heterocycles. The lowest BCUT2D eigenvalue weighted by atomic mass is 9.64. The Bertz CT molecular complexity index is 1440. The lowest BCUT2D eigenvalue weighted by Crippen LogP contribution is -2.48. The average Bonchev–Trinajstić information content (AvgIpc) is 3.30. The number of benzene rings is 3. The van der Waals surface area contributed by atoms with E-state index in [-0.39, 0.29) is 16.9 Å². The quantitative estimate of drug-likeness (QED) is 0.434. The lowest BCUT2D eigenvalue weighted by molar-refractivity contribution is -0.137. The van der Waals surface area contributed by atoms with Crippen LogP contribution in [0.25, 0.3) is 6.08 Å². The van der Waals surface area contributed by atoms with Crippen molar-refractivity contribution in [2.75, 3.05) is 4.90 Å². The third-order valence-corrected chi connectivity index (χ3v) is 7.73. The number of fused-ring (bicyclic) bond motifs is 5. The van der Waals surface area contributed by atoms with Gasteiger partial charge in [-0.1, -0.05) is 66.7 Å². The number of rotatable bonds is 2. The molecule has 7 heteroatoms. The van der Waals surface area contributed by atoms with Crippen molar-refractivity contribution in [2.45, 2.75) is 31.1 Å². The fourth-order valence-electron chi connectivity index (χ4n) is 6.32. The first-order valence-electron chi connectivity index (χ1n) is 11.6. The summed E-state index contributed by atoms with van der Waals surface area (Å²) in [4.78, 5) is 43.5. The molecule has 0 radical (unpaired) electrons. The van der Waals surface area contributed by atoms with Crippen molar-refractivity contribution >= 4 is 29.1 Å². The normalized spacial score (nSPS) is 23.6. The van der Waals surface area contributed by atoms with Crippen molar-refractivity contribution < 1.29 is 27.6 Å². The highest BCUT2D eigenvalue weighted by Gasteiger charge is 2.71. The summed E-state index contributed by atoms with van der Waals surface area (Å²) >= 11 is 0. The molecule has 6 rings (SSSR count). The molecule has 0 bridgehead atoms. The fraction of sp³-hybridized carbons (Fsp3) is 0.207. The second-order valence-corrected chi connectivity index (χ2v) is 9.50. The molecule has 0 saturated carbocycles. The molecule has 3 atom stereocenters.